The number of aliphatic hydroxyl groups is 2. The summed E-state index contributed by atoms with van der Waals surface area (Å²) in [4.78, 5) is 0. The minimum Gasteiger partial charge on any atom is -0.496 e. The molecule has 0 aliphatic carbocycles. The summed E-state index contributed by atoms with van der Waals surface area (Å²) in [6, 6.07) is 5.37. The van der Waals surface area contributed by atoms with E-state index in [1.165, 1.54) is 35.9 Å². The Morgan fingerprint density at radius 2 is 1.14 bits per heavy atom. The van der Waals surface area contributed by atoms with E-state index in [9.17, 15) is 10.2 Å². The van der Waals surface area contributed by atoms with E-state index in [0.29, 0.717) is 37.9 Å². The molecule has 2 heterocycles. The maximum atomic E-state index is 10.8. The van der Waals surface area contributed by atoms with E-state index in [2.05, 4.69) is 0 Å². The third kappa shape index (κ3) is 12.2. The minimum atomic E-state index is -0.929. The topological polar surface area (TPSA) is 68.2 Å². The minimum absolute atomic E-state index is 0.186. The van der Waals surface area contributed by atoms with Gasteiger partial charge < -0.3 is 24.4 Å². The van der Waals surface area contributed by atoms with Crippen LogP contribution in [0.25, 0.3) is 0 Å². The summed E-state index contributed by atoms with van der Waals surface area (Å²) in [5.41, 5.74) is -1.86. The van der Waals surface area contributed by atoms with Crippen molar-refractivity contribution >= 4 is 70.6 Å². The molecular weight excluding hydrogens is 573 g/mol. The molecular formula is C25H40O5S6. The zero-order valence-electron chi connectivity index (χ0n) is 21.4. The van der Waals surface area contributed by atoms with E-state index in [0.717, 1.165) is 11.5 Å². The first-order valence-electron chi connectivity index (χ1n) is 12.3. The Kier molecular flexibility index (Phi) is 13.9. The molecule has 36 heavy (non-hydrogen) atoms. The number of thioether (sulfide) groups is 6. The van der Waals surface area contributed by atoms with Crippen LogP contribution >= 0.6 is 70.6 Å². The highest BCUT2D eigenvalue weighted by Crippen LogP contribution is 2.36. The van der Waals surface area contributed by atoms with Crippen molar-refractivity contribution in [3.63, 3.8) is 0 Å². The molecule has 2 N–H and O–H groups in total. The summed E-state index contributed by atoms with van der Waals surface area (Å²) < 4.78 is 18.7. The monoisotopic (exact) mass is 612 g/mol. The van der Waals surface area contributed by atoms with Crippen molar-refractivity contribution < 1.29 is 24.4 Å². The number of hydrogen-bond donors (Lipinski definition) is 2. The number of rotatable bonds is 17. The first kappa shape index (κ1) is 31.2. The third-order valence-corrected chi connectivity index (χ3v) is 14.4. The van der Waals surface area contributed by atoms with Gasteiger partial charge in [-0.1, -0.05) is 0 Å². The summed E-state index contributed by atoms with van der Waals surface area (Å²) in [7, 11) is 1.60. The van der Waals surface area contributed by atoms with Gasteiger partial charge in [-0.15, -0.1) is 47.0 Å². The summed E-state index contributed by atoms with van der Waals surface area (Å²) in [6.45, 7) is 4.00. The van der Waals surface area contributed by atoms with Crippen LogP contribution < -0.4 is 14.2 Å². The Morgan fingerprint density at radius 1 is 0.750 bits per heavy atom. The molecule has 2 fully saturated rings. The van der Waals surface area contributed by atoms with E-state index in [4.69, 9.17) is 14.2 Å². The number of methoxy groups -OCH3 is 1. The molecule has 2 aliphatic rings. The van der Waals surface area contributed by atoms with E-state index >= 15 is 0 Å². The molecule has 3 rings (SSSR count). The smallest absolute Gasteiger partial charge is 0.126 e. The number of ether oxygens (including phenoxy) is 3. The highest BCUT2D eigenvalue weighted by atomic mass is 32.2. The molecule has 0 amide bonds. The van der Waals surface area contributed by atoms with Crippen molar-refractivity contribution in [1.29, 1.82) is 0 Å². The average Bonchev–Trinajstić information content (AvgIpc) is 3.57. The van der Waals surface area contributed by atoms with Crippen LogP contribution in [-0.4, -0.2) is 96.9 Å². The highest BCUT2D eigenvalue weighted by molar-refractivity contribution is 8.20. The van der Waals surface area contributed by atoms with E-state index in [1.54, 1.807) is 48.8 Å². The van der Waals surface area contributed by atoms with Crippen LogP contribution in [0, 0.1) is 0 Å². The van der Waals surface area contributed by atoms with Crippen LogP contribution in [0.5, 0.6) is 17.2 Å². The fourth-order valence-corrected chi connectivity index (χ4v) is 11.9. The maximum Gasteiger partial charge on any atom is 0.126 e. The van der Waals surface area contributed by atoms with Gasteiger partial charge in [-0.05, 0) is 38.2 Å². The van der Waals surface area contributed by atoms with Gasteiger partial charge in [0, 0.05) is 52.7 Å². The second-order valence-electron chi connectivity index (χ2n) is 9.44. The van der Waals surface area contributed by atoms with Gasteiger partial charge in [0.2, 0.25) is 0 Å². The average molecular weight is 613 g/mol. The standard InChI is InChI=1S/C25H40O5S6/c1-24(26,17-31-6-4-22-33-8-9-34-22)15-29-20-12-19(28-3)13-21(14-20)30-16-25(2,27)18-32-7-5-23-35-10-11-36-23/h12-14,22-23,26-27H,4-11,15-18H2,1-3H3. The Labute approximate surface area is 242 Å². The van der Waals surface area contributed by atoms with Gasteiger partial charge >= 0.3 is 0 Å². The predicted molar refractivity (Wildman–Crippen MR) is 167 cm³/mol. The Morgan fingerprint density at radius 3 is 1.53 bits per heavy atom. The largest absolute Gasteiger partial charge is 0.496 e. The van der Waals surface area contributed by atoms with Crippen LogP contribution in [-0.2, 0) is 0 Å². The first-order valence-corrected chi connectivity index (χ1v) is 18.8. The lowest BCUT2D eigenvalue weighted by atomic mass is 10.1. The molecule has 5 nitrogen and oxygen atoms in total. The van der Waals surface area contributed by atoms with Gasteiger partial charge in [0.1, 0.15) is 41.7 Å². The van der Waals surface area contributed by atoms with Crippen molar-refractivity contribution in [1.82, 2.24) is 0 Å². The van der Waals surface area contributed by atoms with Crippen molar-refractivity contribution in [3.05, 3.63) is 18.2 Å². The Hall–Kier alpha value is 0.640. The molecule has 0 spiro atoms. The second-order valence-corrected chi connectivity index (χ2v) is 17.5. The fourth-order valence-electron chi connectivity index (χ4n) is 3.48. The molecule has 0 saturated carbocycles. The quantitative estimate of drug-likeness (QED) is 0.209. The summed E-state index contributed by atoms with van der Waals surface area (Å²) in [6.07, 6.45) is 2.35. The second kappa shape index (κ2) is 16.0. The van der Waals surface area contributed by atoms with Gasteiger partial charge in [0.05, 0.1) is 16.3 Å². The van der Waals surface area contributed by atoms with Crippen molar-refractivity contribution in [2.75, 3.05) is 66.3 Å². The van der Waals surface area contributed by atoms with Crippen molar-refractivity contribution in [3.8, 4) is 17.2 Å². The molecule has 0 aromatic heterocycles. The lowest BCUT2D eigenvalue weighted by molar-refractivity contribution is 0.0302. The van der Waals surface area contributed by atoms with Gasteiger partial charge in [-0.2, -0.15) is 23.5 Å². The molecule has 2 aliphatic heterocycles. The van der Waals surface area contributed by atoms with Crippen LogP contribution in [0.4, 0.5) is 0 Å². The molecule has 1 aromatic carbocycles. The first-order chi connectivity index (χ1) is 17.2. The highest BCUT2D eigenvalue weighted by Gasteiger charge is 2.25. The summed E-state index contributed by atoms with van der Waals surface area (Å²) in [5, 5.41) is 21.6. The van der Waals surface area contributed by atoms with Crippen LogP contribution in [0.15, 0.2) is 18.2 Å². The van der Waals surface area contributed by atoms with Gasteiger partial charge in [-0.3, -0.25) is 0 Å². The van der Waals surface area contributed by atoms with E-state index < -0.39 is 11.2 Å². The van der Waals surface area contributed by atoms with Gasteiger partial charge in [0.25, 0.3) is 0 Å². The third-order valence-electron chi connectivity index (χ3n) is 5.39. The molecule has 0 radical (unpaired) electrons. The molecule has 2 saturated heterocycles. The number of hydrogen-bond acceptors (Lipinski definition) is 11. The molecule has 1 aromatic rings. The SMILES string of the molecule is COc1cc(OCC(C)(O)CSCCC2SCCS2)cc(OCC(C)(O)CSCCC2SCCS2)c1. The Bertz CT molecular complexity index is 711. The lowest BCUT2D eigenvalue weighted by Crippen LogP contribution is -2.35. The van der Waals surface area contributed by atoms with Crippen molar-refractivity contribution in [2.24, 2.45) is 0 Å². The van der Waals surface area contributed by atoms with E-state index in [-0.39, 0.29) is 13.2 Å². The van der Waals surface area contributed by atoms with Crippen LogP contribution in [0.1, 0.15) is 26.7 Å². The molecule has 2 atom stereocenters. The molecule has 0 bridgehead atoms. The summed E-state index contributed by atoms with van der Waals surface area (Å²) >= 11 is 11.8. The molecule has 2 unspecified atom stereocenters. The van der Waals surface area contributed by atoms with Crippen LogP contribution in [0.3, 0.4) is 0 Å². The summed E-state index contributed by atoms with van der Waals surface area (Å²) in [5.74, 6) is 10.2. The normalized spacial score (nSPS) is 20.2. The van der Waals surface area contributed by atoms with Gasteiger partial charge in [-0.25, -0.2) is 0 Å². The predicted octanol–water partition coefficient (Wildman–Crippen LogP) is 5.81. The zero-order valence-corrected chi connectivity index (χ0v) is 26.3. The maximum absolute atomic E-state index is 10.8. The zero-order chi connectivity index (χ0) is 25.9. The number of benzene rings is 1. The van der Waals surface area contributed by atoms with Crippen LogP contribution in [0.2, 0.25) is 0 Å². The molecule has 206 valence electrons. The van der Waals surface area contributed by atoms with Crippen molar-refractivity contribution in [2.45, 2.75) is 47.1 Å². The van der Waals surface area contributed by atoms with E-state index in [1.807, 2.05) is 60.9 Å². The lowest BCUT2D eigenvalue weighted by Gasteiger charge is -2.25. The fraction of sp³-hybridized carbons (Fsp3) is 0.760. The molecule has 11 heteroatoms. The van der Waals surface area contributed by atoms with Gasteiger partial charge in [0.15, 0.2) is 0 Å². The Balaban J connectivity index is 1.40.